The number of nitrogens with zero attached hydrogens (tertiary/aromatic N) is 3. The Morgan fingerprint density at radius 1 is 1.30 bits per heavy atom. The van der Waals surface area contributed by atoms with Crippen molar-refractivity contribution < 1.29 is 0 Å². The maximum atomic E-state index is 4.09. The van der Waals surface area contributed by atoms with Crippen molar-refractivity contribution in [1.82, 2.24) is 20.3 Å². The lowest BCUT2D eigenvalue weighted by Gasteiger charge is -2.19. The Morgan fingerprint density at radius 2 is 2.05 bits per heavy atom. The first-order chi connectivity index (χ1) is 9.63. The lowest BCUT2D eigenvalue weighted by Crippen LogP contribution is -2.26. The van der Waals surface area contributed by atoms with E-state index in [1.807, 2.05) is 17.8 Å². The third kappa shape index (κ3) is 3.68. The molecule has 2 aromatic rings. The summed E-state index contributed by atoms with van der Waals surface area (Å²) in [6.07, 6.45) is 1.98. The summed E-state index contributed by atoms with van der Waals surface area (Å²) in [4.78, 5) is 0. The van der Waals surface area contributed by atoms with Gasteiger partial charge in [0.25, 0.3) is 0 Å². The third-order valence-corrected chi connectivity index (χ3v) is 4.52. The largest absolute Gasteiger partial charge is 0.308 e. The summed E-state index contributed by atoms with van der Waals surface area (Å²) in [6.45, 7) is 3.13. The molecule has 4 nitrogen and oxygen atoms in total. The molecule has 0 radical (unpaired) electrons. The van der Waals surface area contributed by atoms with Crippen LogP contribution in [0.1, 0.15) is 30.6 Å². The Labute approximate surface area is 136 Å². The highest BCUT2D eigenvalue weighted by Gasteiger charge is 2.20. The van der Waals surface area contributed by atoms with E-state index >= 15 is 0 Å². The van der Waals surface area contributed by atoms with Gasteiger partial charge in [-0.25, -0.2) is 4.68 Å². The molecule has 1 atom stereocenters. The zero-order valence-electron chi connectivity index (χ0n) is 11.6. The summed E-state index contributed by atoms with van der Waals surface area (Å²) in [5.41, 5.74) is 2.35. The number of aromatic nitrogens is 3. The molecule has 20 heavy (non-hydrogen) atoms. The SMILES string of the molecule is CCCNC(Cc1ccccc1Br)c1c(Br)nnn1C. The second-order valence-corrected chi connectivity index (χ2v) is 6.30. The second-order valence-electron chi connectivity index (χ2n) is 4.69. The number of benzene rings is 1. The summed E-state index contributed by atoms with van der Waals surface area (Å²) in [5.74, 6) is 0. The second kappa shape index (κ2) is 7.33. The van der Waals surface area contributed by atoms with Crippen LogP contribution in [0.5, 0.6) is 0 Å². The van der Waals surface area contributed by atoms with Gasteiger partial charge in [0.15, 0.2) is 4.60 Å². The first-order valence-corrected chi connectivity index (χ1v) is 8.24. The van der Waals surface area contributed by atoms with Gasteiger partial charge in [-0.3, -0.25) is 0 Å². The van der Waals surface area contributed by atoms with Crippen LogP contribution in [-0.4, -0.2) is 21.5 Å². The van der Waals surface area contributed by atoms with Gasteiger partial charge in [-0.2, -0.15) is 0 Å². The summed E-state index contributed by atoms with van der Waals surface area (Å²) in [6, 6.07) is 8.49. The van der Waals surface area contributed by atoms with Gasteiger partial charge in [-0.05, 0) is 46.9 Å². The Bertz CT molecular complexity index is 549. The fraction of sp³-hybridized carbons (Fsp3) is 0.429. The van der Waals surface area contributed by atoms with E-state index in [1.165, 1.54) is 5.56 Å². The molecular formula is C14H18Br2N4. The van der Waals surface area contributed by atoms with E-state index in [-0.39, 0.29) is 6.04 Å². The van der Waals surface area contributed by atoms with Crippen LogP contribution in [0, 0.1) is 0 Å². The number of nitrogens with one attached hydrogen (secondary N) is 1. The summed E-state index contributed by atoms with van der Waals surface area (Å²) in [5, 5.41) is 11.7. The number of rotatable bonds is 6. The molecule has 1 aromatic carbocycles. The van der Waals surface area contributed by atoms with E-state index in [9.17, 15) is 0 Å². The van der Waals surface area contributed by atoms with Crippen molar-refractivity contribution in [2.45, 2.75) is 25.8 Å². The lowest BCUT2D eigenvalue weighted by molar-refractivity contribution is 0.490. The van der Waals surface area contributed by atoms with E-state index in [4.69, 9.17) is 0 Å². The first-order valence-electron chi connectivity index (χ1n) is 6.65. The molecule has 0 saturated carbocycles. The van der Waals surface area contributed by atoms with Crippen molar-refractivity contribution in [3.05, 3.63) is 44.6 Å². The molecule has 0 aliphatic heterocycles. The van der Waals surface area contributed by atoms with Crippen LogP contribution < -0.4 is 5.32 Å². The molecule has 108 valence electrons. The van der Waals surface area contributed by atoms with Gasteiger partial charge in [0.2, 0.25) is 0 Å². The normalized spacial score (nSPS) is 12.6. The number of halogens is 2. The quantitative estimate of drug-likeness (QED) is 0.803. The van der Waals surface area contributed by atoms with E-state index in [1.54, 1.807) is 0 Å². The minimum atomic E-state index is 0.183. The van der Waals surface area contributed by atoms with Gasteiger partial charge in [0, 0.05) is 11.5 Å². The number of aryl methyl sites for hydroxylation is 1. The Kier molecular flexibility index (Phi) is 5.74. The molecule has 6 heteroatoms. The molecule has 0 aliphatic carbocycles. The smallest absolute Gasteiger partial charge is 0.153 e. The molecule has 2 rings (SSSR count). The molecule has 1 heterocycles. The van der Waals surface area contributed by atoms with Crippen LogP contribution in [0.3, 0.4) is 0 Å². The van der Waals surface area contributed by atoms with Crippen molar-refractivity contribution in [2.75, 3.05) is 6.54 Å². The van der Waals surface area contributed by atoms with Crippen LogP contribution >= 0.6 is 31.9 Å². The molecular weight excluding hydrogens is 384 g/mol. The number of hydrogen-bond acceptors (Lipinski definition) is 3. The Balaban J connectivity index is 2.27. The molecule has 0 saturated heterocycles. The first kappa shape index (κ1) is 15.7. The predicted octanol–water partition coefficient (Wildman–Crippen LogP) is 3.62. The number of hydrogen-bond donors (Lipinski definition) is 1. The molecule has 0 aliphatic rings. The highest BCUT2D eigenvalue weighted by molar-refractivity contribution is 9.10. The topological polar surface area (TPSA) is 42.7 Å². The van der Waals surface area contributed by atoms with Crippen LogP contribution in [0.15, 0.2) is 33.3 Å². The molecule has 0 fully saturated rings. The molecule has 0 bridgehead atoms. The fourth-order valence-corrected chi connectivity index (χ4v) is 3.23. The zero-order valence-corrected chi connectivity index (χ0v) is 14.8. The highest BCUT2D eigenvalue weighted by Crippen LogP contribution is 2.27. The fourth-order valence-electron chi connectivity index (χ4n) is 2.18. The van der Waals surface area contributed by atoms with Crippen LogP contribution in [0.2, 0.25) is 0 Å². The maximum absolute atomic E-state index is 4.09. The molecule has 1 N–H and O–H groups in total. The van der Waals surface area contributed by atoms with Crippen molar-refractivity contribution in [1.29, 1.82) is 0 Å². The highest BCUT2D eigenvalue weighted by atomic mass is 79.9. The van der Waals surface area contributed by atoms with Gasteiger partial charge < -0.3 is 5.32 Å². The maximum Gasteiger partial charge on any atom is 0.153 e. The van der Waals surface area contributed by atoms with E-state index in [0.29, 0.717) is 0 Å². The van der Waals surface area contributed by atoms with Gasteiger partial charge in [-0.1, -0.05) is 46.3 Å². The standard InChI is InChI=1S/C14H18Br2N4/c1-3-8-17-12(13-14(16)18-19-20(13)2)9-10-6-4-5-7-11(10)15/h4-7,12,17H,3,8-9H2,1-2H3. The molecule has 1 unspecified atom stereocenters. The van der Waals surface area contributed by atoms with Crippen molar-refractivity contribution in [3.8, 4) is 0 Å². The van der Waals surface area contributed by atoms with Gasteiger partial charge in [0.05, 0.1) is 11.7 Å². The van der Waals surface area contributed by atoms with Crippen LogP contribution in [0.25, 0.3) is 0 Å². The van der Waals surface area contributed by atoms with E-state index in [0.717, 1.165) is 34.2 Å². The minimum Gasteiger partial charge on any atom is -0.308 e. The average molecular weight is 402 g/mol. The van der Waals surface area contributed by atoms with Crippen LogP contribution in [-0.2, 0) is 13.5 Å². The van der Waals surface area contributed by atoms with Crippen LogP contribution in [0.4, 0.5) is 0 Å². The summed E-state index contributed by atoms with van der Waals surface area (Å²) >= 11 is 7.11. The molecule has 1 aromatic heterocycles. The lowest BCUT2D eigenvalue weighted by atomic mass is 10.0. The van der Waals surface area contributed by atoms with E-state index < -0.39 is 0 Å². The Hall–Kier alpha value is -0.720. The monoisotopic (exact) mass is 400 g/mol. The van der Waals surface area contributed by atoms with Gasteiger partial charge >= 0.3 is 0 Å². The van der Waals surface area contributed by atoms with E-state index in [2.05, 4.69) is 72.6 Å². The summed E-state index contributed by atoms with van der Waals surface area (Å²) < 4.78 is 3.77. The minimum absolute atomic E-state index is 0.183. The van der Waals surface area contributed by atoms with Gasteiger partial charge in [0.1, 0.15) is 0 Å². The third-order valence-electron chi connectivity index (χ3n) is 3.18. The molecule has 0 amide bonds. The zero-order chi connectivity index (χ0) is 14.5. The Morgan fingerprint density at radius 3 is 2.65 bits per heavy atom. The molecule has 0 spiro atoms. The predicted molar refractivity (Wildman–Crippen MR) is 87.6 cm³/mol. The van der Waals surface area contributed by atoms with Crippen molar-refractivity contribution in [3.63, 3.8) is 0 Å². The van der Waals surface area contributed by atoms with Crippen molar-refractivity contribution >= 4 is 31.9 Å². The average Bonchev–Trinajstić information content (AvgIpc) is 2.76. The summed E-state index contributed by atoms with van der Waals surface area (Å²) in [7, 11) is 1.92. The van der Waals surface area contributed by atoms with Crippen molar-refractivity contribution in [2.24, 2.45) is 7.05 Å². The van der Waals surface area contributed by atoms with Gasteiger partial charge in [-0.15, -0.1) is 5.10 Å².